The Morgan fingerprint density at radius 1 is 0.895 bits per heavy atom. The summed E-state index contributed by atoms with van der Waals surface area (Å²) < 4.78 is 0. The Labute approximate surface area is 110 Å². The van der Waals surface area contributed by atoms with E-state index < -0.39 is 0 Å². The van der Waals surface area contributed by atoms with Gasteiger partial charge >= 0.3 is 0 Å². The van der Waals surface area contributed by atoms with Crippen LogP contribution in [0.3, 0.4) is 0 Å². The number of hydrogen-bond acceptors (Lipinski definition) is 1. The minimum atomic E-state index is 1.07. The van der Waals surface area contributed by atoms with Gasteiger partial charge in [-0.1, -0.05) is 36.4 Å². The number of benzene rings is 2. The summed E-state index contributed by atoms with van der Waals surface area (Å²) in [4.78, 5) is 7.41. The van der Waals surface area contributed by atoms with Crippen molar-refractivity contribution in [1.29, 1.82) is 0 Å². The van der Waals surface area contributed by atoms with Crippen molar-refractivity contribution in [3.8, 4) is 11.1 Å². The van der Waals surface area contributed by atoms with Crippen molar-refractivity contribution in [2.24, 2.45) is 0 Å². The van der Waals surface area contributed by atoms with E-state index in [-0.39, 0.29) is 0 Å². The van der Waals surface area contributed by atoms with E-state index in [4.69, 9.17) is 0 Å². The van der Waals surface area contributed by atoms with Crippen LogP contribution < -0.4 is 0 Å². The summed E-state index contributed by atoms with van der Waals surface area (Å²) >= 11 is 0. The molecule has 0 saturated heterocycles. The molecule has 2 aromatic carbocycles. The monoisotopic (exact) mass is 244 g/mol. The van der Waals surface area contributed by atoms with E-state index in [9.17, 15) is 0 Å². The molecule has 0 atom stereocenters. The van der Waals surface area contributed by atoms with E-state index in [0.717, 1.165) is 5.52 Å². The van der Waals surface area contributed by atoms with Crippen molar-refractivity contribution in [1.82, 2.24) is 9.97 Å². The van der Waals surface area contributed by atoms with Crippen molar-refractivity contribution < 1.29 is 0 Å². The van der Waals surface area contributed by atoms with Gasteiger partial charge in [-0.05, 0) is 28.5 Å². The van der Waals surface area contributed by atoms with Crippen molar-refractivity contribution in [2.75, 3.05) is 0 Å². The smallest absolute Gasteiger partial charge is 0.0646 e. The lowest BCUT2D eigenvalue weighted by Gasteiger charge is -2.02. The largest absolute Gasteiger partial charge is 0.359 e. The van der Waals surface area contributed by atoms with Crippen LogP contribution in [-0.2, 0) is 0 Å². The lowest BCUT2D eigenvalue weighted by Crippen LogP contribution is -1.78. The minimum Gasteiger partial charge on any atom is -0.359 e. The van der Waals surface area contributed by atoms with Crippen molar-refractivity contribution in [3.63, 3.8) is 0 Å². The first-order valence-corrected chi connectivity index (χ1v) is 6.32. The maximum atomic E-state index is 4.14. The fourth-order valence-electron chi connectivity index (χ4n) is 2.57. The van der Waals surface area contributed by atoms with Gasteiger partial charge in [-0.25, -0.2) is 0 Å². The Morgan fingerprint density at radius 3 is 2.74 bits per heavy atom. The minimum absolute atomic E-state index is 1.07. The van der Waals surface area contributed by atoms with Crippen LogP contribution in [0, 0.1) is 0 Å². The van der Waals surface area contributed by atoms with Gasteiger partial charge in [0.1, 0.15) is 0 Å². The predicted molar refractivity (Wildman–Crippen MR) is 79.0 cm³/mol. The summed E-state index contributed by atoms with van der Waals surface area (Å²) in [5, 5.41) is 3.75. The lowest BCUT2D eigenvalue weighted by molar-refractivity contribution is 1.34. The summed E-state index contributed by atoms with van der Waals surface area (Å²) in [6, 6.07) is 17.1. The number of pyridine rings is 1. The molecular weight excluding hydrogens is 232 g/mol. The van der Waals surface area contributed by atoms with E-state index in [2.05, 4.69) is 64.7 Å². The van der Waals surface area contributed by atoms with Crippen molar-refractivity contribution in [2.45, 2.75) is 0 Å². The van der Waals surface area contributed by atoms with Gasteiger partial charge in [-0.15, -0.1) is 0 Å². The molecule has 0 bridgehead atoms. The second kappa shape index (κ2) is 3.95. The van der Waals surface area contributed by atoms with Gasteiger partial charge in [0.05, 0.1) is 11.7 Å². The molecule has 0 radical (unpaired) electrons. The third-order valence-corrected chi connectivity index (χ3v) is 3.54. The molecule has 0 amide bonds. The molecular formula is C17H12N2. The maximum Gasteiger partial charge on any atom is 0.0646 e. The zero-order chi connectivity index (χ0) is 12.7. The van der Waals surface area contributed by atoms with Gasteiger partial charge in [-0.2, -0.15) is 0 Å². The predicted octanol–water partition coefficient (Wildman–Crippen LogP) is 4.38. The normalized spacial score (nSPS) is 11.2. The molecule has 19 heavy (non-hydrogen) atoms. The highest BCUT2D eigenvalue weighted by Gasteiger charge is 2.06. The number of H-pyrrole nitrogens is 1. The third-order valence-electron chi connectivity index (χ3n) is 3.54. The molecule has 0 fully saturated rings. The molecule has 2 nitrogen and oxygen atoms in total. The third kappa shape index (κ3) is 1.61. The molecule has 90 valence electrons. The average Bonchev–Trinajstić information content (AvgIpc) is 2.91. The van der Waals surface area contributed by atoms with Crippen molar-refractivity contribution >= 4 is 21.7 Å². The van der Waals surface area contributed by atoms with Gasteiger partial charge < -0.3 is 4.98 Å². The van der Waals surface area contributed by atoms with E-state index in [1.165, 1.54) is 27.3 Å². The summed E-state index contributed by atoms with van der Waals surface area (Å²) in [6.07, 6.45) is 5.75. The van der Waals surface area contributed by atoms with Gasteiger partial charge in [0.25, 0.3) is 0 Å². The SMILES string of the molecule is c1ccc2cc(-c3c[nH]c4cnccc34)ccc2c1. The number of nitrogens with one attached hydrogen (secondary N) is 1. The second-order valence-corrected chi connectivity index (χ2v) is 4.69. The van der Waals surface area contributed by atoms with Crippen LogP contribution in [0.25, 0.3) is 32.8 Å². The molecule has 2 heterocycles. The summed E-state index contributed by atoms with van der Waals surface area (Å²) in [5.41, 5.74) is 3.53. The first-order valence-electron chi connectivity index (χ1n) is 6.32. The molecule has 2 heteroatoms. The summed E-state index contributed by atoms with van der Waals surface area (Å²) in [6.45, 7) is 0. The summed E-state index contributed by atoms with van der Waals surface area (Å²) in [5.74, 6) is 0. The zero-order valence-corrected chi connectivity index (χ0v) is 10.3. The quantitative estimate of drug-likeness (QED) is 0.528. The van der Waals surface area contributed by atoms with E-state index in [1.807, 2.05) is 12.4 Å². The second-order valence-electron chi connectivity index (χ2n) is 4.69. The molecule has 0 saturated carbocycles. The van der Waals surface area contributed by atoms with E-state index >= 15 is 0 Å². The first-order chi connectivity index (χ1) is 9.42. The number of rotatable bonds is 1. The highest BCUT2D eigenvalue weighted by molar-refractivity contribution is 5.97. The van der Waals surface area contributed by atoms with Gasteiger partial charge in [0.15, 0.2) is 0 Å². The number of aromatic amines is 1. The number of fused-ring (bicyclic) bond motifs is 2. The Hall–Kier alpha value is -2.61. The molecule has 0 unspecified atom stereocenters. The molecule has 0 aliphatic rings. The molecule has 0 aliphatic heterocycles. The van der Waals surface area contributed by atoms with Gasteiger partial charge in [0, 0.05) is 23.3 Å². The topological polar surface area (TPSA) is 28.7 Å². The molecule has 2 aromatic heterocycles. The van der Waals surface area contributed by atoms with Crippen LogP contribution in [0.4, 0.5) is 0 Å². The Balaban J connectivity index is 1.99. The van der Waals surface area contributed by atoms with Gasteiger partial charge in [0.2, 0.25) is 0 Å². The highest BCUT2D eigenvalue weighted by Crippen LogP contribution is 2.30. The van der Waals surface area contributed by atoms with Crippen LogP contribution in [0.1, 0.15) is 0 Å². The van der Waals surface area contributed by atoms with Crippen LogP contribution in [-0.4, -0.2) is 9.97 Å². The highest BCUT2D eigenvalue weighted by atomic mass is 14.7. The van der Waals surface area contributed by atoms with Crippen LogP contribution in [0.2, 0.25) is 0 Å². The molecule has 0 spiro atoms. The Kier molecular flexibility index (Phi) is 2.15. The van der Waals surface area contributed by atoms with Crippen LogP contribution in [0.5, 0.6) is 0 Å². The number of nitrogens with zero attached hydrogens (tertiary/aromatic N) is 1. The number of hydrogen-bond donors (Lipinski definition) is 1. The number of aromatic nitrogens is 2. The standard InChI is InChI=1S/C17H12N2/c1-2-4-13-9-14(6-5-12(13)3-1)16-10-19-17-11-18-8-7-15(16)17/h1-11,19H. The molecule has 4 rings (SSSR count). The van der Waals surface area contributed by atoms with Gasteiger partial charge in [-0.3, -0.25) is 4.98 Å². The average molecular weight is 244 g/mol. The fourth-order valence-corrected chi connectivity index (χ4v) is 2.57. The molecule has 4 aromatic rings. The molecule has 1 N–H and O–H groups in total. The summed E-state index contributed by atoms with van der Waals surface area (Å²) in [7, 11) is 0. The van der Waals surface area contributed by atoms with Crippen molar-refractivity contribution in [3.05, 3.63) is 67.1 Å². The first kappa shape index (κ1) is 10.3. The Morgan fingerprint density at radius 2 is 1.79 bits per heavy atom. The fraction of sp³-hybridized carbons (Fsp3) is 0. The van der Waals surface area contributed by atoms with E-state index in [0.29, 0.717) is 0 Å². The lowest BCUT2D eigenvalue weighted by atomic mass is 10.0. The van der Waals surface area contributed by atoms with E-state index in [1.54, 1.807) is 0 Å². The van der Waals surface area contributed by atoms with Crippen LogP contribution in [0.15, 0.2) is 67.1 Å². The zero-order valence-electron chi connectivity index (χ0n) is 10.3. The van der Waals surface area contributed by atoms with Crippen LogP contribution >= 0.6 is 0 Å². The molecule has 0 aliphatic carbocycles. The Bertz CT molecular complexity index is 874. The maximum absolute atomic E-state index is 4.14.